The van der Waals surface area contributed by atoms with Crippen LogP contribution < -0.4 is 5.32 Å². The first kappa shape index (κ1) is 18.5. The van der Waals surface area contributed by atoms with Gasteiger partial charge in [0.15, 0.2) is 16.8 Å². The third-order valence-corrected chi connectivity index (χ3v) is 5.16. The minimum atomic E-state index is -0.930. The zero-order valence-electron chi connectivity index (χ0n) is 14.1. The van der Waals surface area contributed by atoms with E-state index in [0.29, 0.717) is 27.2 Å². The second-order valence-corrected chi connectivity index (χ2v) is 8.32. The molecule has 0 saturated carbocycles. The Bertz CT molecular complexity index is 941. The zero-order chi connectivity index (χ0) is 18.7. The van der Waals surface area contributed by atoms with E-state index in [1.165, 1.54) is 17.4 Å². The minimum Gasteiger partial charge on any atom is -0.298 e. The van der Waals surface area contributed by atoms with E-state index >= 15 is 0 Å². The van der Waals surface area contributed by atoms with Gasteiger partial charge in [0.25, 0.3) is 5.91 Å². The smallest absolute Gasteiger partial charge is 0.257 e. The molecule has 0 spiro atoms. The topological polar surface area (TPSA) is 42.0 Å². The third-order valence-electron chi connectivity index (χ3n) is 3.41. The molecule has 0 aliphatic rings. The molecule has 1 N–H and O–H groups in total. The molecule has 0 saturated heterocycles. The van der Waals surface area contributed by atoms with Gasteiger partial charge in [-0.1, -0.05) is 19.9 Å². The maximum atomic E-state index is 13.4. The number of benzene rings is 2. The van der Waals surface area contributed by atoms with Crippen LogP contribution in [0, 0.1) is 11.6 Å². The summed E-state index contributed by atoms with van der Waals surface area (Å²) < 4.78 is 26.4. The fourth-order valence-corrected chi connectivity index (χ4v) is 3.88. The van der Waals surface area contributed by atoms with Crippen LogP contribution in [0.25, 0.3) is 11.3 Å². The summed E-state index contributed by atoms with van der Waals surface area (Å²) in [6.07, 6.45) is 0. The highest BCUT2D eigenvalue weighted by atomic mass is 32.2. The lowest BCUT2D eigenvalue weighted by molar-refractivity contribution is 0.102. The number of thioether (sulfide) groups is 1. The molecule has 0 aliphatic carbocycles. The van der Waals surface area contributed by atoms with E-state index in [-0.39, 0.29) is 5.91 Å². The molecule has 1 heterocycles. The second-order valence-electron chi connectivity index (χ2n) is 5.82. The van der Waals surface area contributed by atoms with Crippen molar-refractivity contribution < 1.29 is 13.6 Å². The van der Waals surface area contributed by atoms with Gasteiger partial charge in [-0.3, -0.25) is 10.1 Å². The van der Waals surface area contributed by atoms with Crippen LogP contribution in [0.3, 0.4) is 0 Å². The van der Waals surface area contributed by atoms with Gasteiger partial charge in [-0.05, 0) is 36.4 Å². The number of nitrogens with one attached hydrogen (secondary N) is 1. The standard InChI is InChI=1S/C19H16F2N2OS2/c1-11(2)26-14-5-3-4-13(8-14)18(24)23-19-22-17(10-25-19)12-6-7-15(20)16(21)9-12/h3-11H,1-2H3,(H,22,23,24). The Kier molecular flexibility index (Phi) is 5.68. The fourth-order valence-electron chi connectivity index (χ4n) is 2.27. The van der Waals surface area contributed by atoms with Gasteiger partial charge in [0.2, 0.25) is 0 Å². The predicted molar refractivity (Wildman–Crippen MR) is 103 cm³/mol. The molecule has 0 radical (unpaired) electrons. The monoisotopic (exact) mass is 390 g/mol. The average Bonchev–Trinajstić information content (AvgIpc) is 3.05. The number of nitrogens with zero attached hydrogens (tertiary/aromatic N) is 1. The van der Waals surface area contributed by atoms with E-state index in [0.717, 1.165) is 17.0 Å². The van der Waals surface area contributed by atoms with Crippen LogP contribution in [0.5, 0.6) is 0 Å². The van der Waals surface area contributed by atoms with Crippen molar-refractivity contribution in [3.63, 3.8) is 0 Å². The normalized spacial score (nSPS) is 11.0. The van der Waals surface area contributed by atoms with Crippen molar-refractivity contribution in [2.24, 2.45) is 0 Å². The van der Waals surface area contributed by atoms with Crippen molar-refractivity contribution in [1.82, 2.24) is 4.98 Å². The van der Waals surface area contributed by atoms with E-state index < -0.39 is 11.6 Å². The van der Waals surface area contributed by atoms with E-state index in [4.69, 9.17) is 0 Å². The molecule has 3 rings (SSSR count). The van der Waals surface area contributed by atoms with Crippen LogP contribution in [-0.2, 0) is 0 Å². The summed E-state index contributed by atoms with van der Waals surface area (Å²) in [5.74, 6) is -2.10. The van der Waals surface area contributed by atoms with Gasteiger partial charge in [0.05, 0.1) is 5.69 Å². The number of carbonyl (C=O) groups excluding carboxylic acids is 1. The molecular formula is C19H16F2N2OS2. The molecule has 7 heteroatoms. The van der Waals surface area contributed by atoms with Gasteiger partial charge in [-0.2, -0.15) is 0 Å². The molecule has 26 heavy (non-hydrogen) atoms. The molecule has 0 unspecified atom stereocenters. The van der Waals surface area contributed by atoms with Gasteiger partial charge in [0.1, 0.15) is 0 Å². The van der Waals surface area contributed by atoms with Crippen LogP contribution in [-0.4, -0.2) is 16.1 Å². The third kappa shape index (κ3) is 4.47. The maximum Gasteiger partial charge on any atom is 0.257 e. The van der Waals surface area contributed by atoms with Crippen molar-refractivity contribution in [1.29, 1.82) is 0 Å². The number of halogens is 2. The largest absolute Gasteiger partial charge is 0.298 e. The van der Waals surface area contributed by atoms with Gasteiger partial charge < -0.3 is 0 Å². The number of hydrogen-bond acceptors (Lipinski definition) is 4. The van der Waals surface area contributed by atoms with Crippen LogP contribution in [0.15, 0.2) is 52.7 Å². The first-order valence-corrected chi connectivity index (χ1v) is 9.67. The Labute approximate surface area is 158 Å². The minimum absolute atomic E-state index is 0.262. The van der Waals surface area contributed by atoms with Crippen LogP contribution in [0.1, 0.15) is 24.2 Å². The summed E-state index contributed by atoms with van der Waals surface area (Å²) in [7, 11) is 0. The van der Waals surface area contributed by atoms with Crippen molar-refractivity contribution in [3.8, 4) is 11.3 Å². The van der Waals surface area contributed by atoms with E-state index in [1.807, 2.05) is 18.2 Å². The van der Waals surface area contributed by atoms with Gasteiger partial charge >= 0.3 is 0 Å². The number of amides is 1. The first-order valence-electron chi connectivity index (χ1n) is 7.91. The van der Waals surface area contributed by atoms with Crippen LogP contribution >= 0.6 is 23.1 Å². The summed E-state index contributed by atoms with van der Waals surface area (Å²) >= 11 is 2.91. The highest BCUT2D eigenvalue weighted by molar-refractivity contribution is 7.99. The molecular weight excluding hydrogens is 374 g/mol. The Morgan fingerprint density at radius 1 is 1.15 bits per heavy atom. The highest BCUT2D eigenvalue weighted by Crippen LogP contribution is 2.27. The Morgan fingerprint density at radius 2 is 1.96 bits per heavy atom. The van der Waals surface area contributed by atoms with E-state index in [2.05, 4.69) is 24.1 Å². The number of aromatic nitrogens is 1. The summed E-state index contributed by atoms with van der Waals surface area (Å²) in [5.41, 5.74) is 1.48. The van der Waals surface area contributed by atoms with E-state index in [1.54, 1.807) is 23.2 Å². The van der Waals surface area contributed by atoms with Gasteiger partial charge in [-0.15, -0.1) is 23.1 Å². The summed E-state index contributed by atoms with van der Waals surface area (Å²) in [6.45, 7) is 4.18. The van der Waals surface area contributed by atoms with Crippen molar-refractivity contribution in [3.05, 3.63) is 65.0 Å². The number of carbonyl (C=O) groups is 1. The second kappa shape index (κ2) is 7.97. The zero-order valence-corrected chi connectivity index (χ0v) is 15.8. The highest BCUT2D eigenvalue weighted by Gasteiger charge is 2.12. The quantitative estimate of drug-likeness (QED) is 0.557. The lowest BCUT2D eigenvalue weighted by Gasteiger charge is -2.07. The number of anilines is 1. The molecule has 2 aromatic carbocycles. The Morgan fingerprint density at radius 3 is 2.69 bits per heavy atom. The van der Waals surface area contributed by atoms with E-state index in [9.17, 15) is 13.6 Å². The Hall–Kier alpha value is -2.25. The molecule has 3 nitrogen and oxygen atoms in total. The molecule has 134 valence electrons. The SMILES string of the molecule is CC(C)Sc1cccc(C(=O)Nc2nc(-c3ccc(F)c(F)c3)cs2)c1. The molecule has 0 aliphatic heterocycles. The Balaban J connectivity index is 1.74. The lowest BCUT2D eigenvalue weighted by Crippen LogP contribution is -2.11. The first-order chi connectivity index (χ1) is 12.4. The maximum absolute atomic E-state index is 13.4. The fraction of sp³-hybridized carbons (Fsp3) is 0.158. The summed E-state index contributed by atoms with van der Waals surface area (Å²) in [5, 5.41) is 5.26. The summed E-state index contributed by atoms with van der Waals surface area (Å²) in [4.78, 5) is 17.7. The summed E-state index contributed by atoms with van der Waals surface area (Å²) in [6, 6.07) is 11.0. The van der Waals surface area contributed by atoms with Crippen LogP contribution in [0.2, 0.25) is 0 Å². The molecule has 1 aromatic heterocycles. The number of rotatable bonds is 5. The molecule has 0 fully saturated rings. The van der Waals surface area contributed by atoms with Crippen molar-refractivity contribution >= 4 is 34.1 Å². The number of hydrogen-bond donors (Lipinski definition) is 1. The average molecular weight is 390 g/mol. The molecule has 3 aromatic rings. The van der Waals surface area contributed by atoms with Gasteiger partial charge in [-0.25, -0.2) is 13.8 Å². The predicted octanol–water partition coefficient (Wildman–Crippen LogP) is 5.84. The van der Waals surface area contributed by atoms with Crippen LogP contribution in [0.4, 0.5) is 13.9 Å². The molecule has 1 amide bonds. The van der Waals surface area contributed by atoms with Gasteiger partial charge in [0, 0.05) is 26.7 Å². The van der Waals surface area contributed by atoms with Crippen molar-refractivity contribution in [2.45, 2.75) is 24.0 Å². The lowest BCUT2D eigenvalue weighted by atomic mass is 10.2. The molecule has 0 atom stereocenters. The molecule has 0 bridgehead atoms. The van der Waals surface area contributed by atoms with Crippen molar-refractivity contribution in [2.75, 3.05) is 5.32 Å². The number of thiazole rings is 1.